The second kappa shape index (κ2) is 5.31. The maximum absolute atomic E-state index is 11.3. The summed E-state index contributed by atoms with van der Waals surface area (Å²) in [7, 11) is 3.63. The minimum Gasteiger partial charge on any atom is -0.506 e. The van der Waals surface area contributed by atoms with E-state index in [1.165, 1.54) is 0 Å². The molecule has 1 aromatic heterocycles. The normalized spacial score (nSPS) is 10.3. The van der Waals surface area contributed by atoms with Crippen LogP contribution in [0.1, 0.15) is 5.69 Å². The Morgan fingerprint density at radius 3 is 2.93 bits per heavy atom. The fourth-order valence-corrected chi connectivity index (χ4v) is 1.09. The van der Waals surface area contributed by atoms with E-state index in [-0.39, 0.29) is 18.2 Å². The molecule has 0 saturated carbocycles. The minimum atomic E-state index is -0.0925. The first-order valence-corrected chi connectivity index (χ1v) is 4.64. The van der Waals surface area contributed by atoms with Crippen molar-refractivity contribution in [3.63, 3.8) is 0 Å². The van der Waals surface area contributed by atoms with Crippen LogP contribution in [0.2, 0.25) is 0 Å². The maximum atomic E-state index is 11.3. The number of likely N-dealkylation sites (N-methyl/N-ethyl adjacent to an activating group) is 1. The van der Waals surface area contributed by atoms with Gasteiger partial charge in [-0.1, -0.05) is 0 Å². The van der Waals surface area contributed by atoms with E-state index in [1.54, 1.807) is 23.2 Å². The molecule has 0 fully saturated rings. The molecule has 5 nitrogen and oxygen atoms in total. The number of hydrogen-bond acceptors (Lipinski definition) is 4. The van der Waals surface area contributed by atoms with Gasteiger partial charge in [-0.05, 0) is 26.2 Å². The van der Waals surface area contributed by atoms with E-state index in [9.17, 15) is 9.90 Å². The lowest BCUT2D eigenvalue weighted by Crippen LogP contribution is -2.32. The first-order valence-electron chi connectivity index (χ1n) is 4.64. The molecule has 1 aromatic rings. The van der Waals surface area contributed by atoms with Gasteiger partial charge in [-0.15, -0.1) is 0 Å². The van der Waals surface area contributed by atoms with Crippen LogP contribution in [0, 0.1) is 0 Å². The molecular formula is C10H15N3O2. The summed E-state index contributed by atoms with van der Waals surface area (Å²) in [5.74, 6) is 0.00714. The van der Waals surface area contributed by atoms with Gasteiger partial charge in [0.15, 0.2) is 0 Å². The number of nitrogens with zero attached hydrogens (tertiary/aromatic N) is 2. The summed E-state index contributed by atoms with van der Waals surface area (Å²) in [4.78, 5) is 17.0. The van der Waals surface area contributed by atoms with Crippen LogP contribution in [-0.4, -0.2) is 41.5 Å². The molecule has 0 radical (unpaired) electrons. The SMILES string of the molecule is CN(C)CC(=O)NCc1ncccc1O. The number of aromatic nitrogens is 1. The van der Waals surface area contributed by atoms with Gasteiger partial charge in [0.05, 0.1) is 13.1 Å². The van der Waals surface area contributed by atoms with Gasteiger partial charge in [0, 0.05) is 6.20 Å². The van der Waals surface area contributed by atoms with E-state index in [1.807, 2.05) is 14.1 Å². The van der Waals surface area contributed by atoms with Gasteiger partial charge in [-0.2, -0.15) is 0 Å². The van der Waals surface area contributed by atoms with E-state index in [4.69, 9.17) is 0 Å². The Labute approximate surface area is 88.7 Å². The summed E-state index contributed by atoms with van der Waals surface area (Å²) in [6.45, 7) is 0.576. The van der Waals surface area contributed by atoms with Crippen molar-refractivity contribution in [2.75, 3.05) is 20.6 Å². The van der Waals surface area contributed by atoms with Crippen molar-refractivity contribution in [2.45, 2.75) is 6.54 Å². The summed E-state index contributed by atoms with van der Waals surface area (Å²) < 4.78 is 0. The molecule has 0 aliphatic rings. The molecule has 1 amide bonds. The molecule has 5 heteroatoms. The van der Waals surface area contributed by atoms with Crippen LogP contribution in [0.4, 0.5) is 0 Å². The second-order valence-corrected chi connectivity index (χ2v) is 3.48. The topological polar surface area (TPSA) is 65.5 Å². The third-order valence-electron chi connectivity index (χ3n) is 1.78. The Hall–Kier alpha value is -1.62. The molecule has 0 spiro atoms. The number of carbonyl (C=O) groups is 1. The fourth-order valence-electron chi connectivity index (χ4n) is 1.09. The number of pyridine rings is 1. The van der Waals surface area contributed by atoms with Crippen LogP contribution in [-0.2, 0) is 11.3 Å². The smallest absolute Gasteiger partial charge is 0.234 e. The van der Waals surface area contributed by atoms with Crippen molar-refractivity contribution >= 4 is 5.91 Å². The van der Waals surface area contributed by atoms with E-state index in [0.717, 1.165) is 0 Å². The summed E-state index contributed by atoms with van der Waals surface area (Å²) in [6, 6.07) is 3.18. The summed E-state index contributed by atoms with van der Waals surface area (Å²) in [6.07, 6.45) is 1.58. The van der Waals surface area contributed by atoms with Crippen molar-refractivity contribution in [2.24, 2.45) is 0 Å². The number of hydrogen-bond donors (Lipinski definition) is 2. The van der Waals surface area contributed by atoms with E-state index in [0.29, 0.717) is 12.2 Å². The van der Waals surface area contributed by atoms with Crippen LogP contribution in [0.5, 0.6) is 5.75 Å². The molecule has 2 N–H and O–H groups in total. The molecule has 1 heterocycles. The monoisotopic (exact) mass is 209 g/mol. The molecule has 0 bridgehead atoms. The first-order chi connectivity index (χ1) is 7.09. The number of nitrogens with one attached hydrogen (secondary N) is 1. The maximum Gasteiger partial charge on any atom is 0.234 e. The van der Waals surface area contributed by atoms with Crippen LogP contribution < -0.4 is 5.32 Å². The van der Waals surface area contributed by atoms with Gasteiger partial charge in [-0.25, -0.2) is 0 Å². The second-order valence-electron chi connectivity index (χ2n) is 3.48. The number of aromatic hydroxyl groups is 1. The van der Waals surface area contributed by atoms with Crippen molar-refractivity contribution in [1.82, 2.24) is 15.2 Å². The van der Waals surface area contributed by atoms with Gasteiger partial charge >= 0.3 is 0 Å². The van der Waals surface area contributed by atoms with Crippen molar-refractivity contribution in [1.29, 1.82) is 0 Å². The summed E-state index contributed by atoms with van der Waals surface area (Å²) >= 11 is 0. The lowest BCUT2D eigenvalue weighted by Gasteiger charge is -2.10. The molecule has 82 valence electrons. The van der Waals surface area contributed by atoms with Gasteiger partial charge in [-0.3, -0.25) is 9.78 Å². The van der Waals surface area contributed by atoms with E-state index in [2.05, 4.69) is 10.3 Å². The third-order valence-corrected chi connectivity index (χ3v) is 1.78. The Morgan fingerprint density at radius 1 is 1.60 bits per heavy atom. The number of rotatable bonds is 4. The fraction of sp³-hybridized carbons (Fsp3) is 0.400. The molecule has 0 aliphatic carbocycles. The van der Waals surface area contributed by atoms with Crippen molar-refractivity contribution < 1.29 is 9.90 Å². The largest absolute Gasteiger partial charge is 0.506 e. The molecule has 0 unspecified atom stereocenters. The zero-order chi connectivity index (χ0) is 11.3. The van der Waals surface area contributed by atoms with Gasteiger partial charge in [0.25, 0.3) is 0 Å². The molecule has 15 heavy (non-hydrogen) atoms. The molecule has 0 aliphatic heterocycles. The predicted molar refractivity (Wildman–Crippen MR) is 56.3 cm³/mol. The quantitative estimate of drug-likeness (QED) is 0.730. The van der Waals surface area contributed by atoms with Crippen LogP contribution >= 0.6 is 0 Å². The average Bonchev–Trinajstić information content (AvgIpc) is 2.15. The molecule has 0 aromatic carbocycles. The molecule has 1 rings (SSSR count). The third kappa shape index (κ3) is 3.95. The highest BCUT2D eigenvalue weighted by Gasteiger charge is 2.05. The van der Waals surface area contributed by atoms with Crippen molar-refractivity contribution in [3.05, 3.63) is 24.0 Å². The summed E-state index contributed by atoms with van der Waals surface area (Å²) in [5.41, 5.74) is 0.476. The predicted octanol–water partition coefficient (Wildman–Crippen LogP) is -0.0350. The van der Waals surface area contributed by atoms with E-state index < -0.39 is 0 Å². The highest BCUT2D eigenvalue weighted by molar-refractivity contribution is 5.77. The van der Waals surface area contributed by atoms with E-state index >= 15 is 0 Å². The Kier molecular flexibility index (Phi) is 4.05. The van der Waals surface area contributed by atoms with Gasteiger partial charge < -0.3 is 15.3 Å². The van der Waals surface area contributed by atoms with Crippen LogP contribution in [0.25, 0.3) is 0 Å². The van der Waals surface area contributed by atoms with Gasteiger partial charge in [0.2, 0.25) is 5.91 Å². The molecular weight excluding hydrogens is 194 g/mol. The zero-order valence-electron chi connectivity index (χ0n) is 8.90. The Balaban J connectivity index is 2.44. The summed E-state index contributed by atoms with van der Waals surface area (Å²) in [5, 5.41) is 12.0. The number of carbonyl (C=O) groups excluding carboxylic acids is 1. The first kappa shape index (κ1) is 11.5. The zero-order valence-corrected chi connectivity index (χ0v) is 8.90. The standard InChI is InChI=1S/C10H15N3O2/c1-13(2)7-10(15)12-6-8-9(14)4-3-5-11-8/h3-5,14H,6-7H2,1-2H3,(H,12,15). The lowest BCUT2D eigenvalue weighted by atomic mass is 10.3. The van der Waals surface area contributed by atoms with Crippen LogP contribution in [0.15, 0.2) is 18.3 Å². The molecule has 0 atom stereocenters. The van der Waals surface area contributed by atoms with Crippen LogP contribution in [0.3, 0.4) is 0 Å². The Morgan fingerprint density at radius 2 is 2.33 bits per heavy atom. The van der Waals surface area contributed by atoms with Gasteiger partial charge in [0.1, 0.15) is 11.4 Å². The highest BCUT2D eigenvalue weighted by Crippen LogP contribution is 2.11. The molecule has 0 saturated heterocycles. The average molecular weight is 209 g/mol. The van der Waals surface area contributed by atoms with Crippen molar-refractivity contribution in [3.8, 4) is 5.75 Å². The minimum absolute atomic E-state index is 0.0925. The Bertz CT molecular complexity index is 339. The highest BCUT2D eigenvalue weighted by atomic mass is 16.3. The lowest BCUT2D eigenvalue weighted by molar-refractivity contribution is -0.121. The number of amides is 1.